The molecule has 0 aromatic heterocycles. The maximum atomic E-state index is 11.2. The van der Waals surface area contributed by atoms with Crippen molar-refractivity contribution in [3.63, 3.8) is 0 Å². The Bertz CT molecular complexity index is 455. The summed E-state index contributed by atoms with van der Waals surface area (Å²) >= 11 is 0. The lowest BCUT2D eigenvalue weighted by atomic mass is 10.1. The van der Waals surface area contributed by atoms with E-state index in [0.29, 0.717) is 6.54 Å². The fourth-order valence-electron chi connectivity index (χ4n) is 1.49. The monoisotopic (exact) mass is 184 g/mol. The van der Waals surface area contributed by atoms with Gasteiger partial charge in [-0.05, 0) is 29.3 Å². The Kier molecular flexibility index (Phi) is 2.04. The van der Waals surface area contributed by atoms with Crippen molar-refractivity contribution in [2.24, 2.45) is 0 Å². The second-order valence-corrected chi connectivity index (χ2v) is 3.06. The van der Waals surface area contributed by atoms with Gasteiger partial charge in [0.05, 0.1) is 6.07 Å². The number of carbonyl (C=O) groups excluding carboxylic acids is 1. The normalized spacial score (nSPS) is 13.8. The highest BCUT2D eigenvalue weighted by atomic mass is 16.1. The van der Waals surface area contributed by atoms with Crippen LogP contribution in [0.25, 0.3) is 6.08 Å². The molecule has 1 aromatic carbocycles. The van der Waals surface area contributed by atoms with Crippen molar-refractivity contribution in [1.82, 2.24) is 5.32 Å². The summed E-state index contributed by atoms with van der Waals surface area (Å²) in [5.74, 6) is -0.0178. The van der Waals surface area contributed by atoms with Crippen LogP contribution in [-0.2, 0) is 6.54 Å². The number of allylic oxidation sites excluding steroid dienone is 1. The van der Waals surface area contributed by atoms with Crippen molar-refractivity contribution in [3.05, 3.63) is 41.0 Å². The third kappa shape index (κ3) is 1.38. The maximum Gasteiger partial charge on any atom is 0.251 e. The Balaban J connectivity index is 2.38. The zero-order chi connectivity index (χ0) is 9.97. The number of nitrogens with one attached hydrogen (secondary N) is 1. The molecule has 68 valence electrons. The third-order valence-corrected chi connectivity index (χ3v) is 2.16. The van der Waals surface area contributed by atoms with E-state index < -0.39 is 0 Å². The van der Waals surface area contributed by atoms with Crippen LogP contribution < -0.4 is 5.32 Å². The summed E-state index contributed by atoms with van der Waals surface area (Å²) in [5, 5.41) is 11.1. The molecular weight excluding hydrogens is 176 g/mol. The Morgan fingerprint density at radius 2 is 2.36 bits per heavy atom. The highest BCUT2D eigenvalue weighted by Crippen LogP contribution is 2.17. The number of benzene rings is 1. The summed E-state index contributed by atoms with van der Waals surface area (Å²) in [6, 6.07) is 7.46. The van der Waals surface area contributed by atoms with Crippen molar-refractivity contribution in [1.29, 1.82) is 5.26 Å². The van der Waals surface area contributed by atoms with E-state index in [1.54, 1.807) is 12.1 Å². The van der Waals surface area contributed by atoms with Crippen LogP contribution in [0.3, 0.4) is 0 Å². The van der Waals surface area contributed by atoms with Gasteiger partial charge in [0, 0.05) is 18.2 Å². The largest absolute Gasteiger partial charge is 0.348 e. The first-order chi connectivity index (χ1) is 6.81. The Morgan fingerprint density at radius 3 is 3.14 bits per heavy atom. The average molecular weight is 184 g/mol. The van der Waals surface area contributed by atoms with Crippen molar-refractivity contribution >= 4 is 12.0 Å². The highest BCUT2D eigenvalue weighted by Gasteiger charge is 2.17. The Hall–Kier alpha value is -2.08. The molecule has 1 aliphatic rings. The molecule has 0 saturated heterocycles. The first-order valence-corrected chi connectivity index (χ1v) is 4.28. The number of hydrogen-bond donors (Lipinski definition) is 1. The smallest absolute Gasteiger partial charge is 0.251 e. The van der Waals surface area contributed by atoms with Crippen LogP contribution in [0.5, 0.6) is 0 Å². The summed E-state index contributed by atoms with van der Waals surface area (Å²) in [5.41, 5.74) is 2.68. The van der Waals surface area contributed by atoms with Crippen molar-refractivity contribution in [2.45, 2.75) is 6.54 Å². The summed E-state index contributed by atoms with van der Waals surface area (Å²) in [6.07, 6.45) is 3.15. The van der Waals surface area contributed by atoms with Crippen LogP contribution in [0, 0.1) is 11.3 Å². The average Bonchev–Trinajstić information content (AvgIpc) is 2.57. The molecule has 0 radical (unpaired) electrons. The fourth-order valence-corrected chi connectivity index (χ4v) is 1.49. The Labute approximate surface area is 81.7 Å². The molecule has 0 aliphatic carbocycles. The molecule has 1 aliphatic heterocycles. The van der Waals surface area contributed by atoms with Gasteiger partial charge < -0.3 is 5.32 Å². The first kappa shape index (κ1) is 8.52. The van der Waals surface area contributed by atoms with Crippen LogP contribution in [-0.4, -0.2) is 5.91 Å². The third-order valence-electron chi connectivity index (χ3n) is 2.16. The molecule has 0 saturated carbocycles. The molecule has 3 nitrogen and oxygen atoms in total. The molecule has 2 rings (SSSR count). The number of nitriles is 1. The summed E-state index contributed by atoms with van der Waals surface area (Å²) in [4.78, 5) is 11.2. The molecule has 0 bridgehead atoms. The van der Waals surface area contributed by atoms with E-state index >= 15 is 0 Å². The van der Waals surface area contributed by atoms with Gasteiger partial charge in [-0.15, -0.1) is 0 Å². The van der Waals surface area contributed by atoms with Crippen LogP contribution in [0.1, 0.15) is 21.5 Å². The maximum absolute atomic E-state index is 11.2. The molecule has 1 aromatic rings. The minimum absolute atomic E-state index is 0.0178. The van der Waals surface area contributed by atoms with E-state index in [-0.39, 0.29) is 5.91 Å². The first-order valence-electron chi connectivity index (χ1n) is 4.28. The van der Waals surface area contributed by atoms with Crippen LogP contribution in [0.2, 0.25) is 0 Å². The zero-order valence-corrected chi connectivity index (χ0v) is 7.45. The van der Waals surface area contributed by atoms with E-state index in [1.165, 1.54) is 6.08 Å². The highest BCUT2D eigenvalue weighted by molar-refractivity contribution is 5.98. The number of rotatable bonds is 1. The summed E-state index contributed by atoms with van der Waals surface area (Å²) in [7, 11) is 0. The van der Waals surface area contributed by atoms with Gasteiger partial charge >= 0.3 is 0 Å². The number of nitrogens with zero attached hydrogens (tertiary/aromatic N) is 1. The van der Waals surface area contributed by atoms with Gasteiger partial charge in [0.1, 0.15) is 0 Å². The predicted molar refractivity (Wildman–Crippen MR) is 52.3 cm³/mol. The number of fused-ring (bicyclic) bond motifs is 1. The lowest BCUT2D eigenvalue weighted by molar-refractivity contribution is 0.0966. The van der Waals surface area contributed by atoms with Gasteiger partial charge in [0.2, 0.25) is 0 Å². The van der Waals surface area contributed by atoms with Crippen LogP contribution in [0.15, 0.2) is 24.3 Å². The van der Waals surface area contributed by atoms with Crippen molar-refractivity contribution in [3.8, 4) is 6.07 Å². The second-order valence-electron chi connectivity index (χ2n) is 3.06. The van der Waals surface area contributed by atoms with E-state index in [1.807, 2.05) is 18.2 Å². The number of amides is 1. The van der Waals surface area contributed by atoms with Crippen molar-refractivity contribution in [2.75, 3.05) is 0 Å². The number of carbonyl (C=O) groups is 1. The van der Waals surface area contributed by atoms with Gasteiger partial charge in [-0.3, -0.25) is 4.79 Å². The molecule has 1 amide bonds. The minimum atomic E-state index is -0.0178. The molecular formula is C11H8N2O. The molecule has 3 heteroatoms. The van der Waals surface area contributed by atoms with E-state index in [2.05, 4.69) is 5.32 Å². The van der Waals surface area contributed by atoms with Crippen molar-refractivity contribution < 1.29 is 4.79 Å². The fraction of sp³-hybridized carbons (Fsp3) is 0.0909. The van der Waals surface area contributed by atoms with Gasteiger partial charge in [-0.2, -0.15) is 5.26 Å². The molecule has 1 heterocycles. The molecule has 0 atom stereocenters. The summed E-state index contributed by atoms with van der Waals surface area (Å²) in [6.45, 7) is 0.586. The van der Waals surface area contributed by atoms with Gasteiger partial charge in [-0.1, -0.05) is 6.07 Å². The van der Waals surface area contributed by atoms with E-state index in [0.717, 1.165) is 16.7 Å². The SMILES string of the molecule is N#CC=Cc1ccc2c(c1)CNC2=O. The minimum Gasteiger partial charge on any atom is -0.348 e. The van der Waals surface area contributed by atoms with E-state index in [9.17, 15) is 4.79 Å². The lowest BCUT2D eigenvalue weighted by Gasteiger charge is -1.96. The molecule has 0 fully saturated rings. The lowest BCUT2D eigenvalue weighted by Crippen LogP contribution is -2.12. The quantitative estimate of drug-likeness (QED) is 0.672. The summed E-state index contributed by atoms with van der Waals surface area (Å²) < 4.78 is 0. The van der Waals surface area contributed by atoms with Gasteiger partial charge in [0.25, 0.3) is 5.91 Å². The molecule has 1 N–H and O–H groups in total. The zero-order valence-electron chi connectivity index (χ0n) is 7.45. The molecule has 0 unspecified atom stereocenters. The van der Waals surface area contributed by atoms with Gasteiger partial charge in [-0.25, -0.2) is 0 Å². The topological polar surface area (TPSA) is 52.9 Å². The molecule has 14 heavy (non-hydrogen) atoms. The number of hydrogen-bond acceptors (Lipinski definition) is 2. The molecule has 0 spiro atoms. The predicted octanol–water partition coefficient (Wildman–Crippen LogP) is 1.47. The van der Waals surface area contributed by atoms with Crippen LogP contribution in [0.4, 0.5) is 0 Å². The van der Waals surface area contributed by atoms with Crippen LogP contribution >= 0.6 is 0 Å². The second kappa shape index (κ2) is 3.35. The Morgan fingerprint density at radius 1 is 1.50 bits per heavy atom. The standard InChI is InChI=1S/C11H8N2O/c12-5-1-2-8-3-4-10-9(6-8)7-13-11(10)14/h1-4,6H,7H2,(H,13,14). The van der Waals surface area contributed by atoms with Gasteiger partial charge in [0.15, 0.2) is 0 Å². The van der Waals surface area contributed by atoms with E-state index in [4.69, 9.17) is 5.26 Å².